The summed E-state index contributed by atoms with van der Waals surface area (Å²) in [5.41, 5.74) is 5.50. The van der Waals surface area contributed by atoms with Gasteiger partial charge in [0.2, 0.25) is 5.91 Å². The van der Waals surface area contributed by atoms with E-state index in [2.05, 4.69) is 22.4 Å². The van der Waals surface area contributed by atoms with Gasteiger partial charge in [0.05, 0.1) is 7.11 Å². The Balaban J connectivity index is 1.52. The summed E-state index contributed by atoms with van der Waals surface area (Å²) in [6, 6.07) is 13.7. The van der Waals surface area contributed by atoms with Crippen LogP contribution in [-0.2, 0) is 11.2 Å². The standard InChI is InChI=1S/C24H29N3O4/c1-31-22-15-18(24(29)25-13-7-3-2-4-10-23(28)27-30)12-11-17(22)14-19-16-26-21-9-6-5-8-20(19)21/h5-6,8-9,11-12,15-16,26,30H,2-4,7,10,13-14H2,1H3,(H,25,29)(H,27,28). The molecule has 7 heteroatoms. The summed E-state index contributed by atoms with van der Waals surface area (Å²) in [5, 5.41) is 12.6. The number of para-hydroxylation sites is 1. The lowest BCUT2D eigenvalue weighted by Gasteiger charge is -2.11. The third-order valence-electron chi connectivity index (χ3n) is 5.35. The van der Waals surface area contributed by atoms with Crippen molar-refractivity contribution in [1.29, 1.82) is 0 Å². The van der Waals surface area contributed by atoms with Gasteiger partial charge in [-0.1, -0.05) is 37.1 Å². The van der Waals surface area contributed by atoms with E-state index in [-0.39, 0.29) is 11.8 Å². The number of unbranched alkanes of at least 4 members (excludes halogenated alkanes) is 3. The molecule has 0 unspecified atom stereocenters. The number of benzene rings is 2. The van der Waals surface area contributed by atoms with Crippen molar-refractivity contribution >= 4 is 22.7 Å². The van der Waals surface area contributed by atoms with Gasteiger partial charge in [-0.15, -0.1) is 0 Å². The molecule has 1 aromatic heterocycles. The molecule has 31 heavy (non-hydrogen) atoms. The first-order chi connectivity index (χ1) is 15.1. The molecule has 0 spiro atoms. The van der Waals surface area contributed by atoms with Crippen LogP contribution in [0.15, 0.2) is 48.7 Å². The van der Waals surface area contributed by atoms with Crippen LogP contribution in [0.3, 0.4) is 0 Å². The molecule has 3 aromatic rings. The van der Waals surface area contributed by atoms with E-state index in [9.17, 15) is 9.59 Å². The fourth-order valence-corrected chi connectivity index (χ4v) is 3.64. The Hall–Kier alpha value is -3.32. The van der Waals surface area contributed by atoms with Crippen LogP contribution < -0.4 is 15.5 Å². The first-order valence-electron chi connectivity index (χ1n) is 10.6. The molecule has 0 fully saturated rings. The van der Waals surface area contributed by atoms with Crippen LogP contribution in [0.1, 0.15) is 53.6 Å². The number of methoxy groups -OCH3 is 1. The predicted molar refractivity (Wildman–Crippen MR) is 119 cm³/mol. The highest BCUT2D eigenvalue weighted by Gasteiger charge is 2.12. The van der Waals surface area contributed by atoms with Crippen molar-refractivity contribution in [2.45, 2.75) is 38.5 Å². The molecule has 0 bridgehead atoms. The van der Waals surface area contributed by atoms with Crippen LogP contribution in [0.2, 0.25) is 0 Å². The number of hydroxylamine groups is 1. The number of amides is 2. The summed E-state index contributed by atoms with van der Waals surface area (Å²) in [5.74, 6) is 0.201. The predicted octanol–water partition coefficient (Wildman–Crippen LogP) is 3.95. The summed E-state index contributed by atoms with van der Waals surface area (Å²) in [4.78, 5) is 26.7. The number of aromatic nitrogens is 1. The van der Waals surface area contributed by atoms with Gasteiger partial charge >= 0.3 is 0 Å². The van der Waals surface area contributed by atoms with Gasteiger partial charge in [0.15, 0.2) is 0 Å². The topological polar surface area (TPSA) is 103 Å². The van der Waals surface area contributed by atoms with Gasteiger partial charge in [-0.2, -0.15) is 0 Å². The third-order valence-corrected chi connectivity index (χ3v) is 5.35. The average Bonchev–Trinajstić information content (AvgIpc) is 3.21. The van der Waals surface area contributed by atoms with E-state index in [0.717, 1.165) is 36.8 Å². The SMILES string of the molecule is COc1cc(C(=O)NCCCCCCC(=O)NO)ccc1Cc1c[nH]c2ccccc12. The smallest absolute Gasteiger partial charge is 0.251 e. The Labute approximate surface area is 181 Å². The fraction of sp³-hybridized carbons (Fsp3) is 0.333. The number of ether oxygens (including phenoxy) is 1. The first kappa shape index (κ1) is 22.4. The van der Waals surface area contributed by atoms with Gasteiger partial charge in [-0.25, -0.2) is 5.48 Å². The maximum Gasteiger partial charge on any atom is 0.251 e. The van der Waals surface area contributed by atoms with E-state index in [1.54, 1.807) is 18.7 Å². The van der Waals surface area contributed by atoms with Crippen molar-refractivity contribution in [2.75, 3.05) is 13.7 Å². The van der Waals surface area contributed by atoms with Crippen molar-refractivity contribution in [3.8, 4) is 5.75 Å². The maximum atomic E-state index is 12.5. The second kappa shape index (κ2) is 11.2. The molecule has 1 heterocycles. The number of fused-ring (bicyclic) bond motifs is 1. The molecule has 0 atom stereocenters. The third kappa shape index (κ3) is 6.08. The molecule has 0 radical (unpaired) electrons. The van der Waals surface area contributed by atoms with Crippen molar-refractivity contribution in [1.82, 2.24) is 15.8 Å². The van der Waals surface area contributed by atoms with E-state index >= 15 is 0 Å². The Bertz CT molecular complexity index is 1030. The number of nitrogens with one attached hydrogen (secondary N) is 3. The Kier molecular flexibility index (Phi) is 8.06. The second-order valence-electron chi connectivity index (χ2n) is 7.52. The van der Waals surface area contributed by atoms with E-state index in [1.807, 2.05) is 30.5 Å². The monoisotopic (exact) mass is 423 g/mol. The molecule has 3 rings (SSSR count). The fourth-order valence-electron chi connectivity index (χ4n) is 3.64. The number of aromatic amines is 1. The molecule has 2 amide bonds. The van der Waals surface area contributed by atoms with Crippen LogP contribution in [0, 0.1) is 0 Å². The highest BCUT2D eigenvalue weighted by Crippen LogP contribution is 2.27. The molecule has 4 N–H and O–H groups in total. The molecule has 0 saturated heterocycles. The minimum absolute atomic E-state index is 0.128. The number of carbonyl (C=O) groups excluding carboxylic acids is 2. The Morgan fingerprint density at radius 1 is 1.03 bits per heavy atom. The molecule has 2 aromatic carbocycles. The molecule has 7 nitrogen and oxygen atoms in total. The first-order valence-corrected chi connectivity index (χ1v) is 10.6. The quantitative estimate of drug-likeness (QED) is 0.213. The number of hydrogen-bond donors (Lipinski definition) is 4. The van der Waals surface area contributed by atoms with Crippen LogP contribution in [0.4, 0.5) is 0 Å². The van der Waals surface area contributed by atoms with Gasteiger partial charge in [-0.05, 0) is 42.2 Å². The number of rotatable bonds is 11. The molecule has 0 aliphatic carbocycles. The van der Waals surface area contributed by atoms with Crippen molar-refractivity contribution in [3.05, 3.63) is 65.4 Å². The summed E-state index contributed by atoms with van der Waals surface area (Å²) >= 11 is 0. The van der Waals surface area contributed by atoms with Crippen LogP contribution in [-0.4, -0.2) is 35.7 Å². The zero-order valence-corrected chi connectivity index (χ0v) is 17.7. The molecule has 0 saturated carbocycles. The molecular formula is C24H29N3O4. The molecule has 164 valence electrons. The van der Waals surface area contributed by atoms with E-state index < -0.39 is 0 Å². The molecule has 0 aliphatic rings. The lowest BCUT2D eigenvalue weighted by molar-refractivity contribution is -0.129. The summed E-state index contributed by atoms with van der Waals surface area (Å²) < 4.78 is 5.55. The van der Waals surface area contributed by atoms with Crippen LogP contribution in [0.25, 0.3) is 10.9 Å². The summed E-state index contributed by atoms with van der Waals surface area (Å²) in [7, 11) is 1.62. The van der Waals surface area contributed by atoms with Crippen molar-refractivity contribution < 1.29 is 19.5 Å². The Morgan fingerprint density at radius 3 is 2.65 bits per heavy atom. The maximum absolute atomic E-state index is 12.5. The summed E-state index contributed by atoms with van der Waals surface area (Å²) in [6.07, 6.45) is 6.38. The number of H-pyrrole nitrogens is 1. The average molecular weight is 424 g/mol. The van der Waals surface area contributed by atoms with Gasteiger partial charge in [0.1, 0.15) is 5.75 Å². The lowest BCUT2D eigenvalue weighted by Crippen LogP contribution is -2.24. The van der Waals surface area contributed by atoms with Crippen LogP contribution in [0.5, 0.6) is 5.75 Å². The van der Waals surface area contributed by atoms with Gasteiger partial charge < -0.3 is 15.0 Å². The molecular weight excluding hydrogens is 394 g/mol. The van der Waals surface area contributed by atoms with Crippen LogP contribution >= 0.6 is 0 Å². The van der Waals surface area contributed by atoms with Gasteiger partial charge in [0, 0.05) is 42.0 Å². The highest BCUT2D eigenvalue weighted by molar-refractivity contribution is 5.94. The van der Waals surface area contributed by atoms with E-state index in [4.69, 9.17) is 9.94 Å². The second-order valence-corrected chi connectivity index (χ2v) is 7.52. The molecule has 0 aliphatic heterocycles. The minimum atomic E-state index is -0.365. The van der Waals surface area contributed by atoms with Crippen molar-refractivity contribution in [2.24, 2.45) is 0 Å². The lowest BCUT2D eigenvalue weighted by atomic mass is 10.0. The number of carbonyl (C=O) groups is 2. The zero-order chi connectivity index (χ0) is 22.1. The largest absolute Gasteiger partial charge is 0.496 e. The summed E-state index contributed by atoms with van der Waals surface area (Å²) in [6.45, 7) is 0.574. The minimum Gasteiger partial charge on any atom is -0.496 e. The van der Waals surface area contributed by atoms with E-state index in [0.29, 0.717) is 30.7 Å². The van der Waals surface area contributed by atoms with E-state index in [1.165, 1.54) is 10.9 Å². The van der Waals surface area contributed by atoms with Gasteiger partial charge in [0.25, 0.3) is 5.91 Å². The van der Waals surface area contributed by atoms with Gasteiger partial charge in [-0.3, -0.25) is 14.8 Å². The highest BCUT2D eigenvalue weighted by atomic mass is 16.5. The number of hydrogen-bond acceptors (Lipinski definition) is 4. The Morgan fingerprint density at radius 2 is 1.84 bits per heavy atom. The normalized spacial score (nSPS) is 10.8. The zero-order valence-electron chi connectivity index (χ0n) is 17.7. The van der Waals surface area contributed by atoms with Crippen molar-refractivity contribution in [3.63, 3.8) is 0 Å².